The number of hydrogen-bond donors (Lipinski definition) is 2. The molecule has 4 rings (SSSR count). The van der Waals surface area contributed by atoms with Crippen LogP contribution in [0.15, 0.2) is 30.5 Å². The van der Waals surface area contributed by atoms with Gasteiger partial charge in [-0.1, -0.05) is 18.2 Å². The van der Waals surface area contributed by atoms with E-state index in [0.29, 0.717) is 12.6 Å². The molecule has 2 atom stereocenters. The summed E-state index contributed by atoms with van der Waals surface area (Å²) in [6.45, 7) is 0.708. The summed E-state index contributed by atoms with van der Waals surface area (Å²) in [7, 11) is 2.07. The second-order valence-corrected chi connectivity index (χ2v) is 7.06. The Hall–Kier alpha value is -1.72. The molecular formula is C18H23N3OS. The zero-order chi connectivity index (χ0) is 16.6. The Bertz CT molecular complexity index is 765. The summed E-state index contributed by atoms with van der Waals surface area (Å²) in [5.41, 5.74) is 10.5. The van der Waals surface area contributed by atoms with Crippen molar-refractivity contribution in [2.24, 2.45) is 11.7 Å². The molecule has 0 saturated heterocycles. The standard InChI is InChI=1S/C16H17N3O.C2H6S/c1-19-8-10(16(17)20)5-12-11-3-2-4-13-15(11)9(7-18-13)6-14(12)19;1-3-2/h2-5,7,10,14,18H,6,8H2,1H3,(H2,17,20);1-2H3. The number of primary amides is 1. The molecule has 0 bridgehead atoms. The van der Waals surface area contributed by atoms with Crippen molar-refractivity contribution in [1.82, 2.24) is 9.88 Å². The lowest BCUT2D eigenvalue weighted by molar-refractivity contribution is -0.121. The highest BCUT2D eigenvalue weighted by Gasteiger charge is 2.34. The summed E-state index contributed by atoms with van der Waals surface area (Å²) in [6.07, 6.45) is 9.27. The van der Waals surface area contributed by atoms with Crippen molar-refractivity contribution >= 4 is 34.1 Å². The average Bonchev–Trinajstić information content (AvgIpc) is 2.93. The molecule has 1 amide bonds. The lowest BCUT2D eigenvalue weighted by Gasteiger charge is -2.39. The van der Waals surface area contributed by atoms with Crippen LogP contribution < -0.4 is 5.73 Å². The molecule has 122 valence electrons. The topological polar surface area (TPSA) is 62.1 Å². The monoisotopic (exact) mass is 329 g/mol. The van der Waals surface area contributed by atoms with Crippen LogP contribution in [0.5, 0.6) is 0 Å². The van der Waals surface area contributed by atoms with Gasteiger partial charge in [0.05, 0.1) is 5.92 Å². The molecule has 5 heteroatoms. The van der Waals surface area contributed by atoms with E-state index in [1.54, 1.807) is 11.8 Å². The molecule has 1 aliphatic carbocycles. The molecule has 4 nitrogen and oxygen atoms in total. The van der Waals surface area contributed by atoms with E-state index >= 15 is 0 Å². The van der Waals surface area contributed by atoms with Crippen LogP contribution in [0.25, 0.3) is 16.5 Å². The maximum atomic E-state index is 11.6. The first kappa shape index (κ1) is 16.1. The number of benzene rings is 1. The molecule has 2 unspecified atom stereocenters. The van der Waals surface area contributed by atoms with Crippen LogP contribution >= 0.6 is 11.8 Å². The quantitative estimate of drug-likeness (QED) is 0.845. The van der Waals surface area contributed by atoms with E-state index in [9.17, 15) is 4.79 Å². The largest absolute Gasteiger partial charge is 0.369 e. The van der Waals surface area contributed by atoms with Crippen molar-refractivity contribution in [3.63, 3.8) is 0 Å². The van der Waals surface area contributed by atoms with Gasteiger partial charge in [0.1, 0.15) is 0 Å². The van der Waals surface area contributed by atoms with Crippen LogP contribution in [0.4, 0.5) is 0 Å². The van der Waals surface area contributed by atoms with Gasteiger partial charge < -0.3 is 10.7 Å². The van der Waals surface area contributed by atoms with Crippen LogP contribution in [0.3, 0.4) is 0 Å². The predicted octanol–water partition coefficient (Wildman–Crippen LogP) is 2.50. The molecule has 0 spiro atoms. The Kier molecular flexibility index (Phi) is 4.50. The van der Waals surface area contributed by atoms with Gasteiger partial charge in [0.15, 0.2) is 0 Å². The van der Waals surface area contributed by atoms with Crippen LogP contribution in [-0.4, -0.2) is 47.9 Å². The first-order chi connectivity index (χ1) is 11.1. The van der Waals surface area contributed by atoms with Crippen LogP contribution in [0.1, 0.15) is 11.1 Å². The van der Waals surface area contributed by atoms with Crippen molar-refractivity contribution in [3.8, 4) is 0 Å². The number of aromatic amines is 1. The minimum Gasteiger partial charge on any atom is -0.369 e. The van der Waals surface area contributed by atoms with Crippen molar-refractivity contribution in [2.45, 2.75) is 12.5 Å². The van der Waals surface area contributed by atoms with Crippen LogP contribution in [0, 0.1) is 5.92 Å². The minimum atomic E-state index is -0.241. The Morgan fingerprint density at radius 2 is 2.13 bits per heavy atom. The number of nitrogens with one attached hydrogen (secondary N) is 1. The Morgan fingerprint density at radius 1 is 1.39 bits per heavy atom. The second-order valence-electron chi connectivity index (χ2n) is 6.24. The van der Waals surface area contributed by atoms with Crippen molar-refractivity contribution < 1.29 is 4.79 Å². The van der Waals surface area contributed by atoms with Crippen molar-refractivity contribution in [2.75, 3.05) is 26.1 Å². The highest BCUT2D eigenvalue weighted by Crippen LogP contribution is 2.40. The van der Waals surface area contributed by atoms with Gasteiger partial charge in [0.2, 0.25) is 5.91 Å². The third kappa shape index (κ3) is 2.79. The summed E-state index contributed by atoms with van der Waals surface area (Å²) in [4.78, 5) is 17.1. The van der Waals surface area contributed by atoms with E-state index in [0.717, 1.165) is 6.42 Å². The molecule has 3 N–H and O–H groups in total. The number of hydrogen-bond acceptors (Lipinski definition) is 3. The molecule has 2 heterocycles. The number of nitrogens with zero attached hydrogens (tertiary/aromatic N) is 1. The fraction of sp³-hybridized carbons (Fsp3) is 0.389. The second kappa shape index (κ2) is 6.42. The molecule has 23 heavy (non-hydrogen) atoms. The zero-order valence-corrected chi connectivity index (χ0v) is 14.6. The molecule has 2 aromatic rings. The fourth-order valence-corrected chi connectivity index (χ4v) is 3.63. The van der Waals surface area contributed by atoms with Crippen LogP contribution in [-0.2, 0) is 11.2 Å². The highest BCUT2D eigenvalue weighted by molar-refractivity contribution is 7.97. The van der Waals surface area contributed by atoms with E-state index in [1.165, 1.54) is 27.6 Å². The van der Waals surface area contributed by atoms with Gasteiger partial charge >= 0.3 is 0 Å². The summed E-state index contributed by atoms with van der Waals surface area (Å²) < 4.78 is 0. The average molecular weight is 329 g/mol. The molecule has 1 aromatic heterocycles. The number of carbonyl (C=O) groups is 1. The maximum absolute atomic E-state index is 11.6. The molecule has 1 aromatic carbocycles. The Morgan fingerprint density at radius 3 is 2.83 bits per heavy atom. The summed E-state index contributed by atoms with van der Waals surface area (Å²) in [5, 5.41) is 1.30. The van der Waals surface area contributed by atoms with E-state index in [4.69, 9.17) is 5.73 Å². The van der Waals surface area contributed by atoms with E-state index in [1.807, 2.05) is 12.5 Å². The van der Waals surface area contributed by atoms with Gasteiger partial charge in [-0.25, -0.2) is 0 Å². The van der Waals surface area contributed by atoms with E-state index < -0.39 is 0 Å². The molecule has 0 radical (unpaired) electrons. The fourth-order valence-electron chi connectivity index (χ4n) is 3.63. The van der Waals surface area contributed by atoms with Gasteiger partial charge in [0.25, 0.3) is 0 Å². The molecule has 1 aliphatic heterocycles. The number of carbonyl (C=O) groups excluding carboxylic acids is 1. The first-order valence-electron chi connectivity index (χ1n) is 7.77. The zero-order valence-electron chi connectivity index (χ0n) is 13.8. The summed E-state index contributed by atoms with van der Waals surface area (Å²) in [5.74, 6) is -0.433. The predicted molar refractivity (Wildman–Crippen MR) is 98.5 cm³/mol. The van der Waals surface area contributed by atoms with Crippen LogP contribution in [0.2, 0.25) is 0 Å². The number of fused-ring (bicyclic) bond motifs is 2. The maximum Gasteiger partial charge on any atom is 0.225 e. The first-order valence-corrected chi connectivity index (χ1v) is 9.40. The number of thioether (sulfide) groups is 1. The third-order valence-electron chi connectivity index (χ3n) is 4.63. The number of nitrogens with two attached hydrogens (primary N) is 1. The normalized spacial score (nSPS) is 22.8. The van der Waals surface area contributed by atoms with Crippen molar-refractivity contribution in [1.29, 1.82) is 0 Å². The van der Waals surface area contributed by atoms with Gasteiger partial charge in [-0.3, -0.25) is 9.69 Å². The SMILES string of the molecule is CN1CC(C(N)=O)C=C2c3cccc4[nH]cc(c34)CC21.CSC. The molecule has 0 saturated carbocycles. The lowest BCUT2D eigenvalue weighted by atomic mass is 9.80. The minimum absolute atomic E-state index is 0.193. The van der Waals surface area contributed by atoms with E-state index in [-0.39, 0.29) is 11.8 Å². The third-order valence-corrected chi connectivity index (χ3v) is 4.63. The smallest absolute Gasteiger partial charge is 0.225 e. The molecular weight excluding hydrogens is 306 g/mol. The lowest BCUT2D eigenvalue weighted by Crippen LogP contribution is -2.45. The van der Waals surface area contributed by atoms with Gasteiger partial charge in [-0.2, -0.15) is 11.8 Å². The number of H-pyrrole nitrogens is 1. The summed E-state index contributed by atoms with van der Waals surface area (Å²) >= 11 is 1.75. The molecule has 0 fully saturated rings. The number of amides is 1. The Balaban J connectivity index is 0.000000485. The van der Waals surface area contributed by atoms with Gasteiger partial charge in [-0.05, 0) is 48.7 Å². The Labute approximate surface area is 141 Å². The van der Waals surface area contributed by atoms with E-state index in [2.05, 4.69) is 47.4 Å². The number of aromatic nitrogens is 1. The molecule has 2 aliphatic rings. The van der Waals surface area contributed by atoms with Crippen molar-refractivity contribution in [3.05, 3.63) is 41.6 Å². The highest BCUT2D eigenvalue weighted by atomic mass is 32.2. The number of likely N-dealkylation sites (N-methyl/N-ethyl adjacent to an activating group) is 1. The summed E-state index contributed by atoms with van der Waals surface area (Å²) in [6, 6.07) is 6.66. The van der Waals surface area contributed by atoms with Gasteiger partial charge in [0, 0.05) is 29.7 Å². The number of rotatable bonds is 1. The van der Waals surface area contributed by atoms with Gasteiger partial charge in [-0.15, -0.1) is 0 Å².